The molecule has 0 aliphatic heterocycles. The van der Waals surface area contributed by atoms with Crippen molar-refractivity contribution in [3.05, 3.63) is 280 Å². The van der Waals surface area contributed by atoms with Crippen molar-refractivity contribution in [2.24, 2.45) is 5.92 Å². The highest BCUT2D eigenvalue weighted by molar-refractivity contribution is 9.10. The Labute approximate surface area is 774 Å². The zero-order valence-electron chi connectivity index (χ0n) is 73.3. The average molecular weight is 1960 g/mol. The molecule has 1 aliphatic carbocycles. The van der Waals surface area contributed by atoms with Crippen molar-refractivity contribution in [3.63, 3.8) is 0 Å². The summed E-state index contributed by atoms with van der Waals surface area (Å²) in [5.41, 5.74) is 5.32. The maximum Gasteiger partial charge on any atom is 0.416 e. The number of halogens is 12. The Bertz CT molecular complexity index is 6850. The van der Waals surface area contributed by atoms with E-state index in [1.165, 1.54) is 134 Å². The Balaban J connectivity index is 0.000000162. The molecule has 0 bridgehead atoms. The molecular formula is C97H83BrClF10N5O21. The number of rotatable bonds is 22. The van der Waals surface area contributed by atoms with Crippen LogP contribution in [0, 0.1) is 69.6 Å². The van der Waals surface area contributed by atoms with Gasteiger partial charge < -0.3 is 54.0 Å². The number of aliphatic carboxylic acids is 5. The predicted octanol–water partition coefficient (Wildman–Crippen LogP) is 20.6. The molecule has 0 radical (unpaired) electrons. The van der Waals surface area contributed by atoms with Gasteiger partial charge in [0.1, 0.15) is 5.75 Å². The molecular weight excluding hydrogens is 1880 g/mol. The number of carbonyl (C=O) groups is 10. The summed E-state index contributed by atoms with van der Waals surface area (Å²) in [6, 6.07) is 34.4. The summed E-state index contributed by atoms with van der Waals surface area (Å²) in [6.45, 7) is 5.06. The van der Waals surface area contributed by atoms with Gasteiger partial charge in [-0.25, -0.2) is 22.0 Å². The normalized spacial score (nSPS) is 12.0. The number of aromatic nitrogens is 5. The molecule has 26 nitrogen and oxygen atoms in total. The number of ether oxygens (including phenoxy) is 6. The summed E-state index contributed by atoms with van der Waals surface area (Å²) in [4.78, 5) is 121. The second kappa shape index (κ2) is 42.4. The van der Waals surface area contributed by atoms with Gasteiger partial charge in [0.2, 0.25) is 5.91 Å². The van der Waals surface area contributed by atoms with Gasteiger partial charge in [0.15, 0.2) is 57.8 Å². The average Bonchev–Trinajstić information content (AvgIpc) is 1.62. The first-order chi connectivity index (χ1) is 63.9. The minimum Gasteiger partial charge on any atom is -0.494 e. The van der Waals surface area contributed by atoms with Gasteiger partial charge in [0, 0.05) is 123 Å². The van der Waals surface area contributed by atoms with E-state index >= 15 is 0 Å². The number of fused-ring (bicyclic) bond motifs is 5. The molecule has 5 aromatic heterocycles. The molecule has 14 aromatic rings. The van der Waals surface area contributed by atoms with Gasteiger partial charge in [-0.2, -0.15) is 22.0 Å². The fraction of sp³-hybridized carbons (Fsp3) is 0.237. The summed E-state index contributed by atoms with van der Waals surface area (Å²) in [6.07, 6.45) is -1.34. The van der Waals surface area contributed by atoms with Crippen LogP contribution in [0.4, 0.5) is 43.9 Å². The van der Waals surface area contributed by atoms with Gasteiger partial charge in [0.05, 0.1) is 101 Å². The van der Waals surface area contributed by atoms with Gasteiger partial charge >= 0.3 is 42.6 Å². The van der Waals surface area contributed by atoms with Gasteiger partial charge in [0.25, 0.3) is 23.6 Å². The molecule has 0 amide bonds. The Morgan fingerprint density at radius 1 is 0.370 bits per heavy atom. The highest BCUT2D eigenvalue weighted by atomic mass is 79.9. The van der Waals surface area contributed by atoms with Crippen LogP contribution in [0.3, 0.4) is 0 Å². The van der Waals surface area contributed by atoms with Crippen LogP contribution in [-0.4, -0.2) is 150 Å². The first kappa shape index (κ1) is 101. The van der Waals surface area contributed by atoms with Crippen LogP contribution in [0.15, 0.2) is 162 Å². The molecule has 5 heterocycles. The molecule has 1 aliphatic rings. The van der Waals surface area contributed by atoms with E-state index < -0.39 is 101 Å². The number of carbonyl (C=O) groups excluding carboxylic acids is 5. The van der Waals surface area contributed by atoms with Crippen LogP contribution in [0.25, 0.3) is 54.5 Å². The molecule has 1 saturated carbocycles. The smallest absolute Gasteiger partial charge is 0.416 e. The molecule has 1 fully saturated rings. The van der Waals surface area contributed by atoms with Crippen molar-refractivity contribution in [1.29, 1.82) is 0 Å². The standard InChI is InChI=1S/C20H15F4NO4.C20H16F3NO5.C19H15BrFNO4.C19H15ClFNO4.C19H22FNO4/c1-10-13(8-18(26)27)14-7-17(29-2)15(21)9-16(14)25(10)19(28)11-3-5-12(6-4-11)20(22,23)24;1-10-13(8-18(25)26)14-7-17(28-2)15(21)9-16(14)24(10)19(27)11-3-5-12(6-4-11)29-20(22)23;2*1-10-13(8-18(23)24)14-7-17(26-2)15(21)9-16(14)22(10)19(25)11-3-5-12(20)6-4-11;1-11-13(9-18(22)23)14-8-17(25-2)15(20)10-16(14)21(11)19(24)12-6-4-3-5-7-12/h3-7,9H,8H2,1-2H3,(H,26,27);3-7,9,20H,8H2,1-2H3,(H,25,26);2*3-7,9H,8H2,1-2H3,(H,23,24);8,10,12H,3-7,9H2,1-2H3,(H,22,23). The Morgan fingerprint density at radius 3 is 0.852 bits per heavy atom. The second-order valence-corrected chi connectivity index (χ2v) is 32.1. The number of methoxy groups -OCH3 is 5. The van der Waals surface area contributed by atoms with Crippen LogP contribution in [0.2, 0.25) is 5.02 Å². The lowest BCUT2D eigenvalue weighted by atomic mass is 9.88. The second-order valence-electron chi connectivity index (χ2n) is 30.8. The maximum atomic E-state index is 14.3. The number of carboxylic acids is 5. The van der Waals surface area contributed by atoms with Crippen molar-refractivity contribution in [2.75, 3.05) is 35.5 Å². The molecule has 135 heavy (non-hydrogen) atoms. The predicted molar refractivity (Wildman–Crippen MR) is 479 cm³/mol. The highest BCUT2D eigenvalue weighted by Crippen LogP contribution is 2.41. The summed E-state index contributed by atoms with van der Waals surface area (Å²) in [7, 11) is 6.54. The van der Waals surface area contributed by atoms with Crippen molar-refractivity contribution in [3.8, 4) is 34.5 Å². The third-order valence-electron chi connectivity index (χ3n) is 22.6. The molecule has 5 N–H and O–H groups in total. The molecule has 9 aromatic carbocycles. The largest absolute Gasteiger partial charge is 0.494 e. The van der Waals surface area contributed by atoms with E-state index in [-0.39, 0.29) is 117 Å². The van der Waals surface area contributed by atoms with E-state index in [9.17, 15) is 117 Å². The van der Waals surface area contributed by atoms with Crippen LogP contribution in [0.5, 0.6) is 34.5 Å². The van der Waals surface area contributed by atoms with Crippen molar-refractivity contribution >= 4 is 141 Å². The van der Waals surface area contributed by atoms with Crippen LogP contribution < -0.4 is 28.4 Å². The third kappa shape index (κ3) is 22.0. The first-order valence-corrected chi connectivity index (χ1v) is 42.0. The SMILES string of the molecule is COc1cc2c(CC(=O)O)c(C)n(C(=O)C3CCCCC3)c2cc1F.COc1cc2c(CC(=O)O)c(C)n(C(=O)c3ccc(Br)cc3)c2cc1F.COc1cc2c(CC(=O)O)c(C)n(C(=O)c3ccc(C(F)(F)F)cc3)c2cc1F.COc1cc2c(CC(=O)O)c(C)n(C(=O)c3ccc(Cl)cc3)c2cc1F.COc1cc2c(CC(=O)O)c(C)n(C(=O)c3ccc(OC(F)F)cc3)c2cc1F. The van der Waals surface area contributed by atoms with Crippen LogP contribution >= 0.6 is 27.5 Å². The molecule has 0 saturated heterocycles. The zero-order chi connectivity index (χ0) is 99.0. The van der Waals surface area contributed by atoms with Crippen molar-refractivity contribution in [2.45, 2.75) is 112 Å². The van der Waals surface area contributed by atoms with E-state index in [1.807, 2.05) is 0 Å². The molecule has 0 atom stereocenters. The minimum atomic E-state index is -4.55. The van der Waals surface area contributed by atoms with Crippen LogP contribution in [-0.2, 0) is 62.3 Å². The van der Waals surface area contributed by atoms with E-state index in [1.54, 1.807) is 76.2 Å². The quantitative estimate of drug-likeness (QED) is 0.0393. The molecule has 0 spiro atoms. The van der Waals surface area contributed by atoms with Gasteiger partial charge in [-0.15, -0.1) is 0 Å². The number of alkyl halides is 5. The number of hydrogen-bond donors (Lipinski definition) is 5. The summed E-state index contributed by atoms with van der Waals surface area (Å²) in [5.74, 6) is -11.1. The molecule has 38 heteroatoms. The molecule has 706 valence electrons. The fourth-order valence-corrected chi connectivity index (χ4v) is 16.6. The van der Waals surface area contributed by atoms with E-state index in [4.69, 9.17) is 35.3 Å². The lowest BCUT2D eigenvalue weighted by Gasteiger charge is -2.21. The van der Waals surface area contributed by atoms with Crippen LogP contribution in [0.1, 0.15) is 140 Å². The minimum absolute atomic E-state index is 0.00243. The number of hydrogen-bond acceptors (Lipinski definition) is 16. The topological polar surface area (TPSA) is 352 Å². The van der Waals surface area contributed by atoms with Gasteiger partial charge in [-0.05, 0) is 203 Å². The van der Waals surface area contributed by atoms with E-state index in [0.717, 1.165) is 77.5 Å². The molecule has 0 unspecified atom stereocenters. The Morgan fingerprint density at radius 2 is 0.607 bits per heavy atom. The summed E-state index contributed by atoms with van der Waals surface area (Å²) < 4.78 is 171. The van der Waals surface area contributed by atoms with Gasteiger partial charge in [-0.1, -0.05) is 46.8 Å². The molecule has 15 rings (SSSR count). The number of nitrogens with zero attached hydrogens (tertiary/aromatic N) is 5. The Hall–Kier alpha value is -14.8. The van der Waals surface area contributed by atoms with Crippen molar-refractivity contribution in [1.82, 2.24) is 22.8 Å². The lowest BCUT2D eigenvalue weighted by Crippen LogP contribution is -2.24. The monoisotopic (exact) mass is 1960 g/mol. The fourth-order valence-electron chi connectivity index (χ4n) is 16.2. The van der Waals surface area contributed by atoms with E-state index in [2.05, 4.69) is 20.7 Å². The first-order valence-electron chi connectivity index (χ1n) is 40.8. The lowest BCUT2D eigenvalue weighted by molar-refractivity contribution is -0.138. The number of benzene rings is 9. The number of carboxylic acid groups (broad SMARTS) is 5. The van der Waals surface area contributed by atoms with Gasteiger partial charge in [-0.3, -0.25) is 70.8 Å². The third-order valence-corrected chi connectivity index (χ3v) is 23.4. The zero-order valence-corrected chi connectivity index (χ0v) is 75.6. The summed E-state index contributed by atoms with van der Waals surface area (Å²) >= 11 is 9.17. The maximum absolute atomic E-state index is 14.3. The summed E-state index contributed by atoms with van der Waals surface area (Å²) in [5, 5.41) is 48.8. The van der Waals surface area contributed by atoms with Crippen molar-refractivity contribution < 1.29 is 146 Å². The highest BCUT2D eigenvalue weighted by Gasteiger charge is 2.34. The van der Waals surface area contributed by atoms with E-state index in [0.29, 0.717) is 99.1 Å². The Kier molecular flexibility index (Phi) is 31.7.